The lowest BCUT2D eigenvalue weighted by Crippen LogP contribution is -2.74. The van der Waals surface area contributed by atoms with Gasteiger partial charge in [-0.1, -0.05) is 39.3 Å². The highest BCUT2D eigenvalue weighted by atomic mass is 35.5. The van der Waals surface area contributed by atoms with Gasteiger partial charge >= 0.3 is 0 Å². The average molecular weight is 837 g/mol. The van der Waals surface area contributed by atoms with Crippen molar-refractivity contribution in [2.45, 2.75) is 84.2 Å². The summed E-state index contributed by atoms with van der Waals surface area (Å²) >= 11 is 6.25. The van der Waals surface area contributed by atoms with Crippen molar-refractivity contribution in [1.29, 1.82) is 5.26 Å². The number of nitriles is 1. The maximum absolute atomic E-state index is 13.5. The number of carbonyl (C=O) groups excluding carboxylic acids is 4. The molecule has 0 spiro atoms. The molecule has 5 aliphatic rings. The third kappa shape index (κ3) is 7.79. The molecular weight excluding hydrogens is 784 g/mol. The van der Waals surface area contributed by atoms with Gasteiger partial charge in [0.1, 0.15) is 29.8 Å². The highest BCUT2D eigenvalue weighted by Gasteiger charge is 2.64. The number of piperazine rings is 1. The standard InChI is InChI=1S/C45H53ClN8O6/c1-44(2)42(45(3,4)43(44)60-31-10-7-29(25-47)34(46)23-31)50-38(56)28-5-8-30(9-6-28)52-17-14-27(15-18-52)13-16-51-19-21-53(22-20-51)36-24-32-33(26-48-36)41(59)54(40(32)58)35-11-12-37(55)49-39(35)57/h5-10,23-24,26-27,35,40,42-43,58H,11-22H2,1-4H3,(H,50,56)(H,49,55,57). The van der Waals surface area contributed by atoms with Crippen LogP contribution in [0.5, 0.6) is 5.75 Å². The maximum atomic E-state index is 13.5. The van der Waals surface area contributed by atoms with E-state index in [0.29, 0.717) is 39.2 Å². The van der Waals surface area contributed by atoms with Gasteiger partial charge in [-0.2, -0.15) is 5.26 Å². The number of halogens is 1. The first kappa shape index (κ1) is 41.5. The van der Waals surface area contributed by atoms with Crippen LogP contribution in [-0.4, -0.2) is 108 Å². The zero-order chi connectivity index (χ0) is 42.5. The molecule has 1 saturated carbocycles. The fourth-order valence-corrected chi connectivity index (χ4v) is 10.6. The molecule has 4 amide bonds. The first-order chi connectivity index (χ1) is 28.6. The minimum atomic E-state index is -1.27. The summed E-state index contributed by atoms with van der Waals surface area (Å²) in [5.74, 6) is 0.446. The summed E-state index contributed by atoms with van der Waals surface area (Å²) in [7, 11) is 0. The van der Waals surface area contributed by atoms with Crippen molar-refractivity contribution in [1.82, 2.24) is 25.4 Å². The topological polar surface area (TPSA) is 171 Å². The first-order valence-corrected chi connectivity index (χ1v) is 21.4. The molecular formula is C45H53ClN8O6. The molecule has 14 nitrogen and oxygen atoms in total. The number of nitrogens with one attached hydrogen (secondary N) is 2. The zero-order valence-electron chi connectivity index (χ0n) is 34.6. The number of benzene rings is 2. The molecule has 0 radical (unpaired) electrons. The number of imide groups is 1. The van der Waals surface area contributed by atoms with Gasteiger partial charge in [0.2, 0.25) is 11.8 Å². The summed E-state index contributed by atoms with van der Waals surface area (Å²) in [6.45, 7) is 14.7. The number of aromatic nitrogens is 1. The van der Waals surface area contributed by atoms with Crippen LogP contribution < -0.4 is 25.2 Å². The molecule has 4 aliphatic heterocycles. The summed E-state index contributed by atoms with van der Waals surface area (Å²) in [6.07, 6.45) is 3.71. The predicted octanol–water partition coefficient (Wildman–Crippen LogP) is 4.90. The van der Waals surface area contributed by atoms with Gasteiger partial charge in [0, 0.05) is 91.6 Å². The Hall–Kier alpha value is -5.23. The van der Waals surface area contributed by atoms with Crippen LogP contribution in [0.2, 0.25) is 5.02 Å². The molecule has 316 valence electrons. The van der Waals surface area contributed by atoms with Gasteiger partial charge < -0.3 is 25.0 Å². The number of ether oxygens (including phenoxy) is 1. The molecule has 4 fully saturated rings. The Kier molecular flexibility index (Phi) is 11.3. The summed E-state index contributed by atoms with van der Waals surface area (Å²) in [6, 6.07) is 15.8. The number of nitrogens with zero attached hydrogens (tertiary/aromatic N) is 6. The Labute approximate surface area is 355 Å². The van der Waals surface area contributed by atoms with Crippen molar-refractivity contribution >= 4 is 46.7 Å². The van der Waals surface area contributed by atoms with Gasteiger partial charge in [0.25, 0.3) is 11.8 Å². The Bertz CT molecular complexity index is 2190. The SMILES string of the molecule is CC1(C)C(NC(=O)c2ccc(N3CCC(CCN4CCN(c5cc6c(cn5)C(=O)N(C5CCC(=O)NC5=O)C6O)CC4)CC3)cc2)C(C)(C)C1Oc1ccc(C#N)c(Cl)c1. The Morgan fingerprint density at radius 2 is 1.67 bits per heavy atom. The van der Waals surface area contributed by atoms with E-state index in [1.165, 1.54) is 11.1 Å². The lowest BCUT2D eigenvalue weighted by molar-refractivity contribution is -0.164. The summed E-state index contributed by atoms with van der Waals surface area (Å²) in [5, 5.41) is 26.2. The van der Waals surface area contributed by atoms with Gasteiger partial charge in [-0.3, -0.25) is 34.3 Å². The van der Waals surface area contributed by atoms with Gasteiger partial charge in [-0.15, -0.1) is 0 Å². The first-order valence-electron chi connectivity index (χ1n) is 21.0. The Morgan fingerprint density at radius 3 is 2.32 bits per heavy atom. The van der Waals surface area contributed by atoms with Gasteiger partial charge in [-0.05, 0) is 80.6 Å². The number of aliphatic hydroxyl groups is 1. The van der Waals surface area contributed by atoms with Crippen LogP contribution in [0.15, 0.2) is 54.7 Å². The van der Waals surface area contributed by atoms with Crippen LogP contribution >= 0.6 is 11.6 Å². The van der Waals surface area contributed by atoms with E-state index in [4.69, 9.17) is 16.3 Å². The van der Waals surface area contributed by atoms with Crippen molar-refractivity contribution < 1.29 is 29.0 Å². The molecule has 3 aromatic rings. The van der Waals surface area contributed by atoms with Crippen LogP contribution in [-0.2, 0) is 9.59 Å². The zero-order valence-corrected chi connectivity index (χ0v) is 35.4. The van der Waals surface area contributed by atoms with Gasteiger partial charge in [-0.25, -0.2) is 4.98 Å². The summed E-state index contributed by atoms with van der Waals surface area (Å²) < 4.78 is 6.38. The number of fused-ring (bicyclic) bond motifs is 1. The normalized spacial score (nSPS) is 25.3. The van der Waals surface area contributed by atoms with E-state index < -0.39 is 24.1 Å². The molecule has 0 bridgehead atoms. The second kappa shape index (κ2) is 16.3. The van der Waals surface area contributed by atoms with Gasteiger partial charge in [0.05, 0.1) is 16.1 Å². The van der Waals surface area contributed by atoms with E-state index >= 15 is 0 Å². The number of hydrogen-bond donors (Lipinski definition) is 3. The fourth-order valence-electron chi connectivity index (χ4n) is 10.4. The molecule has 2 atom stereocenters. The van der Waals surface area contributed by atoms with E-state index in [2.05, 4.69) is 76.2 Å². The lowest BCUT2D eigenvalue weighted by Gasteiger charge is -2.63. The summed E-state index contributed by atoms with van der Waals surface area (Å²) in [5.41, 5.74) is 2.18. The smallest absolute Gasteiger partial charge is 0.258 e. The predicted molar refractivity (Wildman–Crippen MR) is 226 cm³/mol. The molecule has 60 heavy (non-hydrogen) atoms. The number of carbonyl (C=O) groups is 4. The van der Waals surface area contributed by atoms with Crippen molar-refractivity contribution in [3.05, 3.63) is 82.0 Å². The van der Waals surface area contributed by atoms with Gasteiger partial charge in [0.15, 0.2) is 6.23 Å². The Balaban J connectivity index is 0.769. The highest BCUT2D eigenvalue weighted by Crippen LogP contribution is 2.55. The van der Waals surface area contributed by atoms with E-state index in [-0.39, 0.29) is 53.2 Å². The number of hydrogen-bond acceptors (Lipinski definition) is 11. The number of pyridine rings is 1. The molecule has 1 aliphatic carbocycles. The third-order valence-corrected chi connectivity index (χ3v) is 13.9. The minimum Gasteiger partial charge on any atom is -0.489 e. The third-order valence-electron chi connectivity index (χ3n) is 13.6. The molecule has 5 heterocycles. The van der Waals surface area contributed by atoms with Crippen molar-refractivity contribution in [3.8, 4) is 11.8 Å². The molecule has 2 aromatic carbocycles. The monoisotopic (exact) mass is 836 g/mol. The number of aliphatic hydroxyl groups excluding tert-OH is 1. The lowest BCUT2D eigenvalue weighted by atomic mass is 9.49. The fraction of sp³-hybridized carbons (Fsp3) is 0.511. The number of anilines is 2. The van der Waals surface area contributed by atoms with E-state index in [0.717, 1.165) is 70.8 Å². The highest BCUT2D eigenvalue weighted by molar-refractivity contribution is 6.31. The van der Waals surface area contributed by atoms with Crippen LogP contribution in [0.4, 0.5) is 11.5 Å². The van der Waals surface area contributed by atoms with Crippen molar-refractivity contribution in [2.24, 2.45) is 16.7 Å². The molecule has 3 saturated heterocycles. The van der Waals surface area contributed by atoms with Crippen LogP contribution in [0, 0.1) is 28.1 Å². The second-order valence-corrected chi connectivity index (χ2v) is 18.5. The molecule has 15 heteroatoms. The van der Waals surface area contributed by atoms with E-state index in [9.17, 15) is 29.5 Å². The summed E-state index contributed by atoms with van der Waals surface area (Å²) in [4.78, 5) is 63.5. The van der Waals surface area contributed by atoms with Crippen molar-refractivity contribution in [2.75, 3.05) is 55.6 Å². The molecule has 1 aromatic heterocycles. The average Bonchev–Trinajstić information content (AvgIpc) is 3.49. The number of amides is 4. The molecule has 2 unspecified atom stereocenters. The van der Waals surface area contributed by atoms with Crippen LogP contribution in [0.25, 0.3) is 0 Å². The second-order valence-electron chi connectivity index (χ2n) is 18.1. The molecule has 8 rings (SSSR count). The largest absolute Gasteiger partial charge is 0.489 e. The maximum Gasteiger partial charge on any atom is 0.258 e. The van der Waals surface area contributed by atoms with Crippen LogP contribution in [0.3, 0.4) is 0 Å². The minimum absolute atomic E-state index is 0.107. The van der Waals surface area contributed by atoms with Crippen molar-refractivity contribution in [3.63, 3.8) is 0 Å². The van der Waals surface area contributed by atoms with E-state index in [1.54, 1.807) is 24.3 Å². The van der Waals surface area contributed by atoms with Crippen LogP contribution in [0.1, 0.15) is 97.9 Å². The molecule has 3 N–H and O–H groups in total. The quantitative estimate of drug-likeness (QED) is 0.238. The number of piperidine rings is 2. The number of rotatable bonds is 10. The van der Waals surface area contributed by atoms with E-state index in [1.807, 2.05) is 12.1 Å². The Morgan fingerprint density at radius 1 is 0.967 bits per heavy atom.